The van der Waals surface area contributed by atoms with Crippen LogP contribution in [0.2, 0.25) is 0 Å². The smallest absolute Gasteiger partial charge is 0.250 e. The van der Waals surface area contributed by atoms with Gasteiger partial charge in [-0.05, 0) is 60.9 Å². The Morgan fingerprint density at radius 3 is 2.83 bits per heavy atom. The zero-order valence-corrected chi connectivity index (χ0v) is 17.9. The van der Waals surface area contributed by atoms with Gasteiger partial charge in [0, 0.05) is 29.0 Å². The van der Waals surface area contributed by atoms with Crippen LogP contribution < -0.4 is 10.1 Å². The van der Waals surface area contributed by atoms with Crippen molar-refractivity contribution in [3.05, 3.63) is 82.1 Å². The maximum absolute atomic E-state index is 12.3. The normalized spacial score (nSPS) is 11.3. The summed E-state index contributed by atoms with van der Waals surface area (Å²) in [7, 11) is 1.62. The van der Waals surface area contributed by atoms with Crippen LogP contribution in [0.4, 0.5) is 5.13 Å². The summed E-state index contributed by atoms with van der Waals surface area (Å²) in [6, 6.07) is 13.9. The molecule has 0 aliphatic heterocycles. The molecule has 4 rings (SSSR count). The maximum Gasteiger partial charge on any atom is 0.250 e. The molecule has 2 aromatic heterocycles. The molecule has 4 aromatic rings. The summed E-state index contributed by atoms with van der Waals surface area (Å²) in [5.41, 5.74) is 4.54. The monoisotopic (exact) mass is 418 g/mol. The number of aromatic nitrogens is 1. The van der Waals surface area contributed by atoms with Gasteiger partial charge in [-0.25, -0.2) is 4.98 Å². The molecule has 0 spiro atoms. The average Bonchev–Trinajstić information content (AvgIpc) is 3.34. The van der Waals surface area contributed by atoms with Crippen LogP contribution in [-0.2, 0) is 11.2 Å². The number of amides is 1. The third-order valence-corrected chi connectivity index (χ3v) is 5.79. The Hall–Kier alpha value is -3.38. The van der Waals surface area contributed by atoms with Gasteiger partial charge in [0.05, 0.1) is 7.11 Å². The summed E-state index contributed by atoms with van der Waals surface area (Å²) in [6.07, 6.45) is 5.70. The lowest BCUT2D eigenvalue weighted by atomic mass is 10.0. The number of benzene rings is 2. The number of nitrogens with one attached hydrogen (secondary N) is 1. The largest absolute Gasteiger partial charge is 0.497 e. The molecule has 0 bridgehead atoms. The van der Waals surface area contributed by atoms with Gasteiger partial charge in [-0.3, -0.25) is 10.1 Å². The van der Waals surface area contributed by atoms with Gasteiger partial charge in [-0.2, -0.15) is 0 Å². The number of carbonyl (C=O) groups excluding carboxylic acids is 1. The fourth-order valence-corrected chi connectivity index (χ4v) is 3.97. The van der Waals surface area contributed by atoms with E-state index in [1.165, 1.54) is 34.1 Å². The predicted molar refractivity (Wildman–Crippen MR) is 121 cm³/mol. The lowest BCUT2D eigenvalue weighted by Gasteiger charge is -2.03. The molecular formula is C24H22N2O3S. The van der Waals surface area contributed by atoms with Crippen LogP contribution in [-0.4, -0.2) is 18.0 Å². The SMILES string of the molecule is COc1ccc2oc(/C=C/C(=O)Nc3ncc(Cc4ccc(C)c(C)c4)s3)cc2c1. The molecule has 30 heavy (non-hydrogen) atoms. The first-order chi connectivity index (χ1) is 14.5. The van der Waals surface area contributed by atoms with E-state index in [1.807, 2.05) is 30.5 Å². The Labute approximate surface area is 179 Å². The van der Waals surface area contributed by atoms with Gasteiger partial charge >= 0.3 is 0 Å². The number of ether oxygens (including phenoxy) is 1. The van der Waals surface area contributed by atoms with E-state index in [9.17, 15) is 4.79 Å². The predicted octanol–water partition coefficient (Wildman–Crippen LogP) is 5.76. The number of methoxy groups -OCH3 is 1. The molecule has 5 nitrogen and oxygen atoms in total. The van der Waals surface area contributed by atoms with Gasteiger partial charge < -0.3 is 9.15 Å². The van der Waals surface area contributed by atoms with Crippen molar-refractivity contribution in [3.8, 4) is 5.75 Å². The molecule has 1 amide bonds. The Morgan fingerprint density at radius 2 is 2.03 bits per heavy atom. The highest BCUT2D eigenvalue weighted by molar-refractivity contribution is 7.15. The molecule has 0 atom stereocenters. The van der Waals surface area contributed by atoms with Gasteiger partial charge in [0.25, 0.3) is 0 Å². The van der Waals surface area contributed by atoms with Crippen molar-refractivity contribution in [1.29, 1.82) is 0 Å². The topological polar surface area (TPSA) is 64.4 Å². The van der Waals surface area contributed by atoms with Crippen molar-refractivity contribution < 1.29 is 13.9 Å². The van der Waals surface area contributed by atoms with Gasteiger partial charge in [-0.1, -0.05) is 18.2 Å². The van der Waals surface area contributed by atoms with E-state index in [1.54, 1.807) is 13.2 Å². The molecule has 1 N–H and O–H groups in total. The highest BCUT2D eigenvalue weighted by Gasteiger charge is 2.07. The molecule has 2 aromatic carbocycles. The Morgan fingerprint density at radius 1 is 1.17 bits per heavy atom. The highest BCUT2D eigenvalue weighted by atomic mass is 32.1. The Balaban J connectivity index is 1.38. The van der Waals surface area contributed by atoms with Crippen LogP contribution in [0, 0.1) is 13.8 Å². The van der Waals surface area contributed by atoms with Crippen LogP contribution in [0.5, 0.6) is 5.75 Å². The molecular weight excluding hydrogens is 396 g/mol. The van der Waals surface area contributed by atoms with E-state index in [0.717, 1.165) is 28.0 Å². The number of hydrogen-bond donors (Lipinski definition) is 1. The molecule has 0 fully saturated rings. The molecule has 0 aliphatic rings. The van der Waals surface area contributed by atoms with Crippen LogP contribution in [0.25, 0.3) is 17.0 Å². The Kier molecular flexibility index (Phi) is 5.68. The number of fused-ring (bicyclic) bond motifs is 1. The zero-order chi connectivity index (χ0) is 21.1. The lowest BCUT2D eigenvalue weighted by Crippen LogP contribution is -2.06. The first-order valence-electron chi connectivity index (χ1n) is 9.57. The van der Waals surface area contributed by atoms with Crippen molar-refractivity contribution in [2.45, 2.75) is 20.3 Å². The minimum Gasteiger partial charge on any atom is -0.497 e. The number of thiazole rings is 1. The van der Waals surface area contributed by atoms with Crippen molar-refractivity contribution in [3.63, 3.8) is 0 Å². The molecule has 6 heteroatoms. The Bertz CT molecular complexity index is 1240. The number of nitrogens with zero attached hydrogens (tertiary/aromatic N) is 1. The molecule has 0 radical (unpaired) electrons. The fraction of sp³-hybridized carbons (Fsp3) is 0.167. The molecule has 0 aliphatic carbocycles. The molecule has 2 heterocycles. The average molecular weight is 419 g/mol. The van der Waals surface area contributed by atoms with Gasteiger partial charge in [0.2, 0.25) is 5.91 Å². The summed E-state index contributed by atoms with van der Waals surface area (Å²) in [5, 5.41) is 4.31. The second-order valence-corrected chi connectivity index (χ2v) is 8.22. The quantitative estimate of drug-likeness (QED) is 0.405. The number of aryl methyl sites for hydroxylation is 2. The number of furan rings is 1. The van der Waals surface area contributed by atoms with E-state index in [2.05, 4.69) is 42.3 Å². The standard InChI is InChI=1S/C24H22N2O3S/c1-15-4-5-17(10-16(15)2)11-21-14-25-24(30-21)26-23(27)9-7-20-13-18-12-19(28-3)6-8-22(18)29-20/h4-10,12-14H,11H2,1-3H3,(H,25,26,27)/b9-7+. The molecule has 0 unspecified atom stereocenters. The minimum atomic E-state index is -0.250. The van der Waals surface area contributed by atoms with E-state index in [4.69, 9.17) is 9.15 Å². The second kappa shape index (κ2) is 8.55. The lowest BCUT2D eigenvalue weighted by molar-refractivity contribution is -0.111. The third kappa shape index (κ3) is 4.60. The minimum absolute atomic E-state index is 0.250. The summed E-state index contributed by atoms with van der Waals surface area (Å²) in [4.78, 5) is 17.7. The van der Waals surface area contributed by atoms with Crippen molar-refractivity contribution >= 4 is 39.4 Å². The first kappa shape index (κ1) is 19.9. The number of anilines is 1. The van der Waals surface area contributed by atoms with Crippen LogP contribution in [0.1, 0.15) is 27.3 Å². The summed E-state index contributed by atoms with van der Waals surface area (Å²) in [6.45, 7) is 4.22. The molecule has 0 saturated heterocycles. The van der Waals surface area contributed by atoms with Crippen molar-refractivity contribution in [1.82, 2.24) is 4.98 Å². The fourth-order valence-electron chi connectivity index (χ4n) is 3.12. The van der Waals surface area contributed by atoms with Gasteiger partial charge in [-0.15, -0.1) is 11.3 Å². The number of carbonyl (C=O) groups is 1. The zero-order valence-electron chi connectivity index (χ0n) is 17.1. The number of hydrogen-bond acceptors (Lipinski definition) is 5. The second-order valence-electron chi connectivity index (χ2n) is 7.10. The molecule has 152 valence electrons. The van der Waals surface area contributed by atoms with Gasteiger partial charge in [0.1, 0.15) is 17.1 Å². The van der Waals surface area contributed by atoms with Crippen molar-refractivity contribution in [2.24, 2.45) is 0 Å². The van der Waals surface area contributed by atoms with Gasteiger partial charge in [0.15, 0.2) is 5.13 Å². The van der Waals surface area contributed by atoms with E-state index >= 15 is 0 Å². The maximum atomic E-state index is 12.3. The van der Waals surface area contributed by atoms with Crippen LogP contribution in [0.3, 0.4) is 0 Å². The number of rotatable bonds is 6. The summed E-state index contributed by atoms with van der Waals surface area (Å²) >= 11 is 1.48. The summed E-state index contributed by atoms with van der Waals surface area (Å²) in [5.74, 6) is 1.11. The van der Waals surface area contributed by atoms with Crippen LogP contribution >= 0.6 is 11.3 Å². The highest BCUT2D eigenvalue weighted by Crippen LogP contribution is 2.25. The third-order valence-electron chi connectivity index (χ3n) is 4.87. The van der Waals surface area contributed by atoms with E-state index in [0.29, 0.717) is 10.9 Å². The molecule has 0 saturated carbocycles. The van der Waals surface area contributed by atoms with E-state index in [-0.39, 0.29) is 5.91 Å². The first-order valence-corrected chi connectivity index (χ1v) is 10.4. The van der Waals surface area contributed by atoms with Crippen LogP contribution in [0.15, 0.2) is 59.2 Å². The summed E-state index contributed by atoms with van der Waals surface area (Å²) < 4.78 is 10.9. The van der Waals surface area contributed by atoms with Crippen molar-refractivity contribution in [2.75, 3.05) is 12.4 Å². The van der Waals surface area contributed by atoms with E-state index < -0.39 is 0 Å².